The maximum Gasteiger partial charge on any atom is 0.262 e. The maximum absolute atomic E-state index is 12.2. The van der Waals surface area contributed by atoms with Crippen molar-refractivity contribution in [3.63, 3.8) is 0 Å². The Labute approximate surface area is 157 Å². The number of carbonyl (C=O) groups excluding carboxylic acids is 2. The fraction of sp³-hybridized carbons (Fsp3) is 0.222. The smallest absolute Gasteiger partial charge is 0.262 e. The van der Waals surface area contributed by atoms with E-state index in [2.05, 4.69) is 37.2 Å². The molecule has 24 heavy (non-hydrogen) atoms. The lowest BCUT2D eigenvalue weighted by atomic mass is 10.1. The predicted molar refractivity (Wildman–Crippen MR) is 102 cm³/mol. The molecule has 126 valence electrons. The van der Waals surface area contributed by atoms with E-state index in [1.165, 1.54) is 0 Å². The van der Waals surface area contributed by atoms with Gasteiger partial charge in [-0.1, -0.05) is 22.9 Å². The van der Waals surface area contributed by atoms with Crippen LogP contribution in [0.3, 0.4) is 0 Å². The Morgan fingerprint density at radius 1 is 1.25 bits per heavy atom. The van der Waals surface area contributed by atoms with Gasteiger partial charge in [-0.25, -0.2) is 0 Å². The molecule has 0 spiro atoms. The van der Waals surface area contributed by atoms with Crippen molar-refractivity contribution in [1.29, 1.82) is 0 Å². The van der Waals surface area contributed by atoms with Gasteiger partial charge >= 0.3 is 0 Å². The number of hydrogen-bond acceptors (Lipinski definition) is 3. The van der Waals surface area contributed by atoms with Gasteiger partial charge in [-0.05, 0) is 70.7 Å². The number of rotatable bonds is 6. The number of nitrogens with one attached hydrogen (secondary N) is 1. The van der Waals surface area contributed by atoms with Gasteiger partial charge in [0.2, 0.25) is 0 Å². The van der Waals surface area contributed by atoms with Crippen LogP contribution in [0.25, 0.3) is 0 Å². The molecule has 1 N–H and O–H groups in total. The zero-order valence-electron chi connectivity index (χ0n) is 13.4. The van der Waals surface area contributed by atoms with Crippen LogP contribution in [0, 0.1) is 6.92 Å². The highest BCUT2D eigenvalue weighted by Gasteiger charge is 2.11. The minimum absolute atomic E-state index is 0.113. The second-order valence-corrected chi connectivity index (χ2v) is 7.02. The summed E-state index contributed by atoms with van der Waals surface area (Å²) in [5, 5.41) is 2.91. The van der Waals surface area contributed by atoms with Crippen molar-refractivity contribution < 1.29 is 14.3 Å². The van der Waals surface area contributed by atoms with E-state index in [-0.39, 0.29) is 12.5 Å². The van der Waals surface area contributed by atoms with Gasteiger partial charge in [0.1, 0.15) is 12.0 Å². The SMILES string of the molecule is CCc1cc(Br)cc(C)c1NC(=O)COc1ccc(C=O)cc1Br. The van der Waals surface area contributed by atoms with E-state index in [1.54, 1.807) is 18.2 Å². The van der Waals surface area contributed by atoms with E-state index in [4.69, 9.17) is 4.74 Å². The van der Waals surface area contributed by atoms with Crippen LogP contribution in [-0.4, -0.2) is 18.8 Å². The number of amides is 1. The van der Waals surface area contributed by atoms with Crippen molar-refractivity contribution in [2.45, 2.75) is 20.3 Å². The summed E-state index contributed by atoms with van der Waals surface area (Å²) in [4.78, 5) is 22.9. The zero-order chi connectivity index (χ0) is 17.7. The molecule has 0 atom stereocenters. The van der Waals surface area contributed by atoms with E-state index in [9.17, 15) is 9.59 Å². The molecule has 0 unspecified atom stereocenters. The van der Waals surface area contributed by atoms with Crippen molar-refractivity contribution in [2.24, 2.45) is 0 Å². The van der Waals surface area contributed by atoms with Gasteiger partial charge < -0.3 is 10.1 Å². The molecule has 2 aromatic rings. The Balaban J connectivity index is 2.05. The summed E-state index contributed by atoms with van der Waals surface area (Å²) in [7, 11) is 0. The fourth-order valence-corrected chi connectivity index (χ4v) is 3.43. The van der Waals surface area contributed by atoms with Crippen molar-refractivity contribution in [2.75, 3.05) is 11.9 Å². The summed E-state index contributed by atoms with van der Waals surface area (Å²) in [6.07, 6.45) is 1.57. The average molecular weight is 455 g/mol. The molecule has 0 saturated heterocycles. The third-order valence-corrected chi connectivity index (χ3v) is 4.56. The minimum Gasteiger partial charge on any atom is -0.483 e. The largest absolute Gasteiger partial charge is 0.483 e. The Bertz CT molecular complexity index is 775. The van der Waals surface area contributed by atoms with E-state index >= 15 is 0 Å². The average Bonchev–Trinajstić information content (AvgIpc) is 2.55. The third-order valence-electron chi connectivity index (χ3n) is 3.48. The molecule has 0 fully saturated rings. The number of aldehydes is 1. The van der Waals surface area contributed by atoms with Crippen LogP contribution >= 0.6 is 31.9 Å². The highest BCUT2D eigenvalue weighted by Crippen LogP contribution is 2.27. The molecule has 0 aliphatic carbocycles. The van der Waals surface area contributed by atoms with Gasteiger partial charge in [0, 0.05) is 15.7 Å². The second-order valence-electron chi connectivity index (χ2n) is 5.25. The summed E-state index contributed by atoms with van der Waals surface area (Å²) in [5.41, 5.74) is 3.42. The van der Waals surface area contributed by atoms with Gasteiger partial charge in [0.15, 0.2) is 6.61 Å². The van der Waals surface area contributed by atoms with Crippen molar-refractivity contribution in [3.05, 3.63) is 56.0 Å². The molecule has 0 bridgehead atoms. The van der Waals surface area contributed by atoms with Gasteiger partial charge in [-0.3, -0.25) is 9.59 Å². The quantitative estimate of drug-likeness (QED) is 0.630. The van der Waals surface area contributed by atoms with Crippen molar-refractivity contribution >= 4 is 49.7 Å². The molecule has 0 heterocycles. The van der Waals surface area contributed by atoms with Crippen LogP contribution in [-0.2, 0) is 11.2 Å². The Morgan fingerprint density at radius 3 is 2.62 bits per heavy atom. The number of anilines is 1. The summed E-state index contributed by atoms with van der Waals surface area (Å²) in [6.45, 7) is 3.88. The maximum atomic E-state index is 12.2. The molecule has 4 nitrogen and oxygen atoms in total. The van der Waals surface area contributed by atoms with Gasteiger partial charge in [0.05, 0.1) is 4.47 Å². The van der Waals surface area contributed by atoms with E-state index < -0.39 is 0 Å². The first-order valence-electron chi connectivity index (χ1n) is 7.41. The highest BCUT2D eigenvalue weighted by molar-refractivity contribution is 9.10. The predicted octanol–water partition coefficient (Wildman–Crippen LogP) is 4.91. The molecule has 2 rings (SSSR count). The first-order chi connectivity index (χ1) is 11.4. The van der Waals surface area contributed by atoms with Crippen LogP contribution < -0.4 is 10.1 Å². The highest BCUT2D eigenvalue weighted by atomic mass is 79.9. The number of carbonyl (C=O) groups is 2. The van der Waals surface area contributed by atoms with E-state index in [1.807, 2.05) is 26.0 Å². The molecule has 0 aliphatic heterocycles. The summed E-state index contributed by atoms with van der Waals surface area (Å²) in [6, 6.07) is 8.90. The molecule has 0 aliphatic rings. The molecule has 2 aromatic carbocycles. The normalized spacial score (nSPS) is 10.3. The van der Waals surface area contributed by atoms with Crippen LogP contribution in [0.2, 0.25) is 0 Å². The molecule has 0 aromatic heterocycles. The number of aryl methyl sites for hydroxylation is 2. The number of halogens is 2. The topological polar surface area (TPSA) is 55.4 Å². The Kier molecular flexibility index (Phi) is 6.57. The summed E-state index contributed by atoms with van der Waals surface area (Å²) < 4.78 is 7.15. The standard InChI is InChI=1S/C18H17Br2NO3/c1-3-13-8-14(19)6-11(2)18(13)21-17(23)10-24-16-5-4-12(9-22)7-15(16)20/h4-9H,3,10H2,1-2H3,(H,21,23). The first kappa shape index (κ1) is 18.7. The van der Waals surface area contributed by atoms with Crippen LogP contribution in [0.1, 0.15) is 28.4 Å². The molecular weight excluding hydrogens is 438 g/mol. The third kappa shape index (κ3) is 4.68. The molecule has 0 radical (unpaired) electrons. The lowest BCUT2D eigenvalue weighted by Gasteiger charge is -2.14. The van der Waals surface area contributed by atoms with E-state index in [0.717, 1.165) is 34.0 Å². The number of benzene rings is 2. The summed E-state index contributed by atoms with van der Waals surface area (Å²) >= 11 is 6.79. The van der Waals surface area contributed by atoms with Crippen LogP contribution in [0.15, 0.2) is 39.3 Å². The molecule has 6 heteroatoms. The van der Waals surface area contributed by atoms with Crippen molar-refractivity contribution in [3.8, 4) is 5.75 Å². The van der Waals surface area contributed by atoms with Crippen LogP contribution in [0.5, 0.6) is 5.75 Å². The van der Waals surface area contributed by atoms with E-state index in [0.29, 0.717) is 15.8 Å². The van der Waals surface area contributed by atoms with Gasteiger partial charge in [-0.15, -0.1) is 0 Å². The Morgan fingerprint density at radius 2 is 2.00 bits per heavy atom. The fourth-order valence-electron chi connectivity index (χ4n) is 2.30. The zero-order valence-corrected chi connectivity index (χ0v) is 16.5. The molecular formula is C18H17Br2NO3. The Hall–Kier alpha value is -1.66. The number of hydrogen-bond donors (Lipinski definition) is 1. The van der Waals surface area contributed by atoms with Gasteiger partial charge in [-0.2, -0.15) is 0 Å². The monoisotopic (exact) mass is 453 g/mol. The lowest BCUT2D eigenvalue weighted by Crippen LogP contribution is -2.21. The number of ether oxygens (including phenoxy) is 1. The van der Waals surface area contributed by atoms with Crippen molar-refractivity contribution in [1.82, 2.24) is 0 Å². The lowest BCUT2D eigenvalue weighted by molar-refractivity contribution is -0.118. The second kappa shape index (κ2) is 8.44. The van der Waals surface area contributed by atoms with Crippen LogP contribution in [0.4, 0.5) is 5.69 Å². The first-order valence-corrected chi connectivity index (χ1v) is 8.99. The van der Waals surface area contributed by atoms with Gasteiger partial charge in [0.25, 0.3) is 5.91 Å². The molecule has 1 amide bonds. The minimum atomic E-state index is -0.235. The molecule has 0 saturated carbocycles. The summed E-state index contributed by atoms with van der Waals surface area (Å²) in [5.74, 6) is 0.278.